The minimum absolute atomic E-state index is 0.141. The molecule has 0 amide bonds. The summed E-state index contributed by atoms with van der Waals surface area (Å²) < 4.78 is 23.8. The average Bonchev–Trinajstić information content (AvgIpc) is 2.86. The summed E-state index contributed by atoms with van der Waals surface area (Å²) in [5.41, 5.74) is 1.35. The highest BCUT2D eigenvalue weighted by atomic mass is 32.2. The fourth-order valence-electron chi connectivity index (χ4n) is 2.14. The van der Waals surface area contributed by atoms with E-state index in [2.05, 4.69) is 15.6 Å². The molecule has 0 spiro atoms. The van der Waals surface area contributed by atoms with Crippen molar-refractivity contribution in [1.29, 1.82) is 5.26 Å². The molecule has 1 saturated heterocycles. The van der Waals surface area contributed by atoms with Crippen molar-refractivity contribution in [3.63, 3.8) is 0 Å². The van der Waals surface area contributed by atoms with Crippen LogP contribution in [0.1, 0.15) is 12.8 Å². The number of nitrogens with zero attached hydrogens (tertiary/aromatic N) is 1. The Bertz CT molecular complexity index is 654. The molecule has 1 aliphatic rings. The van der Waals surface area contributed by atoms with Gasteiger partial charge in [0.1, 0.15) is 0 Å². The molecule has 7 nitrogen and oxygen atoms in total. The third-order valence-electron chi connectivity index (χ3n) is 3.33. The Morgan fingerprint density at radius 1 is 1.33 bits per heavy atom. The van der Waals surface area contributed by atoms with E-state index in [0.29, 0.717) is 13.0 Å². The first-order chi connectivity index (χ1) is 10.0. The Kier molecular flexibility index (Phi) is 4.69. The van der Waals surface area contributed by atoms with Crippen molar-refractivity contribution >= 4 is 15.8 Å². The second-order valence-electron chi connectivity index (χ2n) is 4.71. The molecule has 1 aromatic rings. The largest absolute Gasteiger partial charge is 0.296 e. The van der Waals surface area contributed by atoms with Gasteiger partial charge in [-0.05, 0) is 12.1 Å². The lowest BCUT2D eigenvalue weighted by molar-refractivity contribution is -0.120. The maximum absolute atomic E-state index is 11.9. The van der Waals surface area contributed by atoms with Crippen molar-refractivity contribution in [3.05, 3.63) is 30.3 Å². The minimum Gasteiger partial charge on any atom is -0.296 e. The molecule has 1 atom stereocenters. The quantitative estimate of drug-likeness (QED) is 0.491. The molecule has 1 fully saturated rings. The monoisotopic (exact) mass is 308 g/mol. The standard InChI is InChI=1S/C13H16N4O3S/c14-10-13(12(18)6-8-15-13)7-9-16-17-21(19,20)11-4-2-1-3-5-11/h1-5,15-17H,6-9H2. The molecule has 1 aliphatic heterocycles. The summed E-state index contributed by atoms with van der Waals surface area (Å²) in [6.07, 6.45) is 0.517. The molecule has 0 aliphatic carbocycles. The minimum atomic E-state index is -3.65. The van der Waals surface area contributed by atoms with Crippen LogP contribution in [0.3, 0.4) is 0 Å². The normalized spacial score (nSPS) is 22.1. The number of hydrazine groups is 1. The molecule has 0 aromatic heterocycles. The number of hydrogen-bond donors (Lipinski definition) is 3. The lowest BCUT2D eigenvalue weighted by Gasteiger charge is -2.19. The third kappa shape index (κ3) is 3.46. The number of nitriles is 1. The number of ketones is 1. The van der Waals surface area contributed by atoms with E-state index in [0.717, 1.165) is 0 Å². The van der Waals surface area contributed by atoms with Crippen LogP contribution in [0.15, 0.2) is 35.2 Å². The first-order valence-electron chi connectivity index (χ1n) is 6.49. The molecule has 3 N–H and O–H groups in total. The van der Waals surface area contributed by atoms with Crippen LogP contribution in [-0.4, -0.2) is 32.8 Å². The topological polar surface area (TPSA) is 111 Å². The molecule has 21 heavy (non-hydrogen) atoms. The molecule has 1 aromatic carbocycles. The highest BCUT2D eigenvalue weighted by Crippen LogP contribution is 2.18. The number of Topliss-reactive ketones (excluding diaryl/α,β-unsaturated/α-hetero) is 1. The summed E-state index contributed by atoms with van der Waals surface area (Å²) in [6.45, 7) is 0.639. The first-order valence-corrected chi connectivity index (χ1v) is 7.98. The van der Waals surface area contributed by atoms with Crippen LogP contribution < -0.4 is 15.6 Å². The summed E-state index contributed by atoms with van der Waals surface area (Å²) in [4.78, 5) is 14.1. The fourth-order valence-corrected chi connectivity index (χ4v) is 3.07. The Hall–Kier alpha value is -1.79. The van der Waals surface area contributed by atoms with E-state index >= 15 is 0 Å². The smallest absolute Gasteiger partial charge is 0.253 e. The van der Waals surface area contributed by atoms with E-state index in [1.165, 1.54) is 12.1 Å². The van der Waals surface area contributed by atoms with Gasteiger partial charge >= 0.3 is 0 Å². The zero-order valence-corrected chi connectivity index (χ0v) is 12.1. The molecule has 112 valence electrons. The van der Waals surface area contributed by atoms with Gasteiger partial charge in [-0.2, -0.15) is 5.26 Å². The summed E-state index contributed by atoms with van der Waals surface area (Å²) in [7, 11) is -3.65. The van der Waals surface area contributed by atoms with E-state index < -0.39 is 15.6 Å². The van der Waals surface area contributed by atoms with E-state index in [1.54, 1.807) is 18.2 Å². The van der Waals surface area contributed by atoms with Gasteiger partial charge in [0.05, 0.1) is 11.0 Å². The fraction of sp³-hybridized carbons (Fsp3) is 0.385. The molecule has 2 rings (SSSR count). The maximum atomic E-state index is 11.9. The van der Waals surface area contributed by atoms with Crippen LogP contribution in [0.25, 0.3) is 0 Å². The summed E-state index contributed by atoms with van der Waals surface area (Å²) in [5.74, 6) is -0.155. The molecular weight excluding hydrogens is 292 g/mol. The van der Waals surface area contributed by atoms with Gasteiger partial charge in [-0.25, -0.2) is 13.8 Å². The molecule has 0 bridgehead atoms. The molecule has 8 heteroatoms. The van der Waals surface area contributed by atoms with Crippen molar-refractivity contribution in [2.45, 2.75) is 23.3 Å². The first kappa shape index (κ1) is 15.6. The van der Waals surface area contributed by atoms with E-state index in [-0.39, 0.29) is 23.6 Å². The summed E-state index contributed by atoms with van der Waals surface area (Å²) >= 11 is 0. The zero-order valence-electron chi connectivity index (χ0n) is 11.3. The Morgan fingerprint density at radius 2 is 2.05 bits per heavy atom. The lowest BCUT2D eigenvalue weighted by atomic mass is 9.94. The van der Waals surface area contributed by atoms with Crippen molar-refractivity contribution in [1.82, 2.24) is 15.6 Å². The number of rotatable bonds is 6. The number of carbonyl (C=O) groups is 1. The van der Waals surface area contributed by atoms with Crippen molar-refractivity contribution < 1.29 is 13.2 Å². The molecule has 1 heterocycles. The average molecular weight is 308 g/mol. The number of benzene rings is 1. The number of hydrogen-bond acceptors (Lipinski definition) is 6. The second kappa shape index (κ2) is 6.32. The van der Waals surface area contributed by atoms with Gasteiger partial charge in [0, 0.05) is 25.9 Å². The maximum Gasteiger partial charge on any atom is 0.253 e. The van der Waals surface area contributed by atoms with Crippen LogP contribution >= 0.6 is 0 Å². The van der Waals surface area contributed by atoms with Gasteiger partial charge in [0.15, 0.2) is 11.3 Å². The SMILES string of the molecule is N#CC1(CCNNS(=O)(=O)c2ccccc2)NCCC1=O. The third-order valence-corrected chi connectivity index (χ3v) is 4.64. The van der Waals surface area contributed by atoms with Crippen LogP contribution in [0.4, 0.5) is 0 Å². The van der Waals surface area contributed by atoms with Gasteiger partial charge in [-0.1, -0.05) is 18.2 Å². The van der Waals surface area contributed by atoms with Gasteiger partial charge in [-0.15, -0.1) is 4.83 Å². The van der Waals surface area contributed by atoms with Crippen molar-refractivity contribution in [2.24, 2.45) is 0 Å². The molecule has 0 radical (unpaired) electrons. The number of nitrogens with one attached hydrogen (secondary N) is 3. The van der Waals surface area contributed by atoms with Crippen LogP contribution in [0.2, 0.25) is 0 Å². The van der Waals surface area contributed by atoms with E-state index in [9.17, 15) is 13.2 Å². The van der Waals surface area contributed by atoms with Gasteiger partial charge in [0.2, 0.25) is 0 Å². The van der Waals surface area contributed by atoms with Crippen molar-refractivity contribution in [3.8, 4) is 6.07 Å². The zero-order chi connectivity index (χ0) is 15.3. The molecule has 1 unspecified atom stereocenters. The summed E-state index contributed by atoms with van der Waals surface area (Å²) in [5, 5.41) is 12.0. The van der Waals surface area contributed by atoms with Crippen LogP contribution in [-0.2, 0) is 14.8 Å². The predicted octanol–water partition coefficient (Wildman–Crippen LogP) is -0.316. The molecule has 0 saturated carbocycles. The van der Waals surface area contributed by atoms with Crippen molar-refractivity contribution in [2.75, 3.05) is 13.1 Å². The second-order valence-corrected chi connectivity index (χ2v) is 6.39. The number of sulfonamides is 1. The van der Waals surface area contributed by atoms with E-state index in [1.807, 2.05) is 6.07 Å². The van der Waals surface area contributed by atoms with E-state index in [4.69, 9.17) is 5.26 Å². The summed E-state index contributed by atoms with van der Waals surface area (Å²) in [6, 6.07) is 9.90. The van der Waals surface area contributed by atoms with Gasteiger partial charge in [0.25, 0.3) is 10.0 Å². The number of carbonyl (C=O) groups excluding carboxylic acids is 1. The highest BCUT2D eigenvalue weighted by Gasteiger charge is 2.41. The Balaban J connectivity index is 1.88. The predicted molar refractivity (Wildman–Crippen MR) is 75.4 cm³/mol. The lowest BCUT2D eigenvalue weighted by Crippen LogP contribution is -2.48. The van der Waals surface area contributed by atoms with Gasteiger partial charge < -0.3 is 0 Å². The van der Waals surface area contributed by atoms with Gasteiger partial charge in [-0.3, -0.25) is 10.1 Å². The highest BCUT2D eigenvalue weighted by molar-refractivity contribution is 7.89. The van der Waals surface area contributed by atoms with Crippen LogP contribution in [0, 0.1) is 11.3 Å². The molecular formula is C13H16N4O3S. The Labute approximate surface area is 123 Å². The Morgan fingerprint density at radius 3 is 2.62 bits per heavy atom. The van der Waals surface area contributed by atoms with Crippen LogP contribution in [0.5, 0.6) is 0 Å².